The van der Waals surface area contributed by atoms with Crippen molar-refractivity contribution in [1.29, 1.82) is 0 Å². The highest BCUT2D eigenvalue weighted by molar-refractivity contribution is 5.93. The third-order valence-corrected chi connectivity index (χ3v) is 4.78. The van der Waals surface area contributed by atoms with E-state index >= 15 is 0 Å². The largest absolute Gasteiger partial charge is 0.449 e. The molecular formula is C23H29N3O5. The van der Waals surface area contributed by atoms with E-state index in [4.69, 9.17) is 4.74 Å². The van der Waals surface area contributed by atoms with Crippen LogP contribution in [-0.4, -0.2) is 47.4 Å². The standard InChI is InChI=1S/C23H29N3O5/c1-16(21(27)25(23(2,3)4)15-17-10-8-7-9-11-17)31-22(28)18-12-13-19(24(5)6)20(14-18)26(29)30/h7-14,16H,15H2,1-6H3/t16-/m0/s1. The maximum atomic E-state index is 13.1. The molecule has 0 bridgehead atoms. The molecule has 0 aliphatic rings. The van der Waals surface area contributed by atoms with Crippen LogP contribution in [0.25, 0.3) is 0 Å². The highest BCUT2D eigenvalue weighted by Gasteiger charge is 2.32. The first kappa shape index (κ1) is 23.9. The molecule has 0 saturated heterocycles. The Balaban J connectivity index is 2.21. The summed E-state index contributed by atoms with van der Waals surface area (Å²) < 4.78 is 5.38. The molecule has 0 aliphatic heterocycles. The van der Waals surface area contributed by atoms with Crippen molar-refractivity contribution >= 4 is 23.3 Å². The Kier molecular flexibility index (Phi) is 7.38. The molecule has 0 saturated carbocycles. The predicted molar refractivity (Wildman–Crippen MR) is 119 cm³/mol. The van der Waals surface area contributed by atoms with Gasteiger partial charge < -0.3 is 14.5 Å². The summed E-state index contributed by atoms with van der Waals surface area (Å²) in [6, 6.07) is 13.6. The molecule has 2 aromatic carbocycles. The van der Waals surface area contributed by atoms with Gasteiger partial charge in [-0.25, -0.2) is 4.79 Å². The first-order valence-corrected chi connectivity index (χ1v) is 9.94. The Morgan fingerprint density at radius 3 is 2.23 bits per heavy atom. The van der Waals surface area contributed by atoms with Crippen LogP contribution in [-0.2, 0) is 16.1 Å². The zero-order valence-corrected chi connectivity index (χ0v) is 18.8. The lowest BCUT2D eigenvalue weighted by molar-refractivity contribution is -0.384. The lowest BCUT2D eigenvalue weighted by atomic mass is 10.0. The van der Waals surface area contributed by atoms with Crippen molar-refractivity contribution in [3.05, 3.63) is 69.8 Å². The highest BCUT2D eigenvalue weighted by Crippen LogP contribution is 2.28. The molecule has 166 valence electrons. The van der Waals surface area contributed by atoms with Crippen molar-refractivity contribution in [2.75, 3.05) is 19.0 Å². The summed E-state index contributed by atoms with van der Waals surface area (Å²) in [6.45, 7) is 7.60. The van der Waals surface area contributed by atoms with E-state index in [1.165, 1.54) is 25.1 Å². The number of esters is 1. The Morgan fingerprint density at radius 1 is 1.10 bits per heavy atom. The molecule has 0 fully saturated rings. The van der Waals surface area contributed by atoms with E-state index in [0.29, 0.717) is 12.2 Å². The number of hydrogen-bond donors (Lipinski definition) is 0. The van der Waals surface area contributed by atoms with Gasteiger partial charge in [-0.2, -0.15) is 0 Å². The van der Waals surface area contributed by atoms with Gasteiger partial charge in [0.25, 0.3) is 11.6 Å². The van der Waals surface area contributed by atoms with Gasteiger partial charge in [0.05, 0.1) is 10.5 Å². The van der Waals surface area contributed by atoms with Crippen molar-refractivity contribution in [1.82, 2.24) is 4.90 Å². The molecule has 31 heavy (non-hydrogen) atoms. The predicted octanol–water partition coefficient (Wildman–Crippen LogP) is 4.03. The topological polar surface area (TPSA) is 93.0 Å². The van der Waals surface area contributed by atoms with E-state index in [1.54, 1.807) is 23.9 Å². The lowest BCUT2D eigenvalue weighted by Gasteiger charge is -2.37. The summed E-state index contributed by atoms with van der Waals surface area (Å²) >= 11 is 0. The molecule has 8 heteroatoms. The van der Waals surface area contributed by atoms with Gasteiger partial charge in [0, 0.05) is 32.2 Å². The first-order chi connectivity index (χ1) is 14.4. The maximum absolute atomic E-state index is 13.1. The van der Waals surface area contributed by atoms with E-state index in [9.17, 15) is 19.7 Å². The minimum atomic E-state index is -1.05. The fourth-order valence-electron chi connectivity index (χ4n) is 3.08. The molecule has 2 aromatic rings. The first-order valence-electron chi connectivity index (χ1n) is 9.94. The molecule has 0 unspecified atom stereocenters. The molecule has 0 N–H and O–H groups in total. The van der Waals surface area contributed by atoms with E-state index in [1.807, 2.05) is 51.1 Å². The van der Waals surface area contributed by atoms with E-state index in [2.05, 4.69) is 0 Å². The molecule has 0 aromatic heterocycles. The number of anilines is 1. The second-order valence-electron chi connectivity index (χ2n) is 8.48. The normalized spacial score (nSPS) is 12.1. The number of amides is 1. The van der Waals surface area contributed by atoms with Crippen LogP contribution in [0.1, 0.15) is 43.6 Å². The van der Waals surface area contributed by atoms with Crippen molar-refractivity contribution in [3.8, 4) is 0 Å². The molecular weight excluding hydrogens is 398 g/mol. The minimum absolute atomic E-state index is 0.0160. The van der Waals surface area contributed by atoms with Crippen LogP contribution in [0.5, 0.6) is 0 Å². The summed E-state index contributed by atoms with van der Waals surface area (Å²) in [5.41, 5.74) is 0.632. The fraction of sp³-hybridized carbons (Fsp3) is 0.391. The fourth-order valence-corrected chi connectivity index (χ4v) is 3.08. The summed E-state index contributed by atoms with van der Waals surface area (Å²) in [4.78, 5) is 39.8. The van der Waals surface area contributed by atoms with Crippen molar-refractivity contribution < 1.29 is 19.2 Å². The zero-order chi connectivity index (χ0) is 23.3. The number of ether oxygens (including phenoxy) is 1. The van der Waals surface area contributed by atoms with E-state index in [-0.39, 0.29) is 17.2 Å². The van der Waals surface area contributed by atoms with Crippen LogP contribution >= 0.6 is 0 Å². The minimum Gasteiger partial charge on any atom is -0.449 e. The average molecular weight is 428 g/mol. The van der Waals surface area contributed by atoms with E-state index < -0.39 is 22.5 Å². The number of nitro groups is 1. The number of nitro benzene ring substituents is 1. The summed E-state index contributed by atoms with van der Waals surface area (Å²) in [5, 5.41) is 11.4. The second kappa shape index (κ2) is 9.59. The van der Waals surface area contributed by atoms with Gasteiger partial charge in [0.2, 0.25) is 0 Å². The SMILES string of the molecule is C[C@H](OC(=O)c1ccc(N(C)C)c([N+](=O)[O-])c1)C(=O)N(Cc1ccccc1)C(C)(C)C. The molecule has 1 atom stereocenters. The van der Waals surface area contributed by atoms with Gasteiger partial charge in [-0.05, 0) is 45.4 Å². The Bertz CT molecular complexity index is 951. The van der Waals surface area contributed by atoms with Crippen LogP contribution in [0.3, 0.4) is 0 Å². The van der Waals surface area contributed by atoms with Crippen molar-refractivity contribution in [2.45, 2.75) is 45.9 Å². The van der Waals surface area contributed by atoms with Crippen molar-refractivity contribution in [3.63, 3.8) is 0 Å². The smallest absolute Gasteiger partial charge is 0.339 e. The monoisotopic (exact) mass is 427 g/mol. The number of carbonyl (C=O) groups is 2. The van der Waals surface area contributed by atoms with Gasteiger partial charge in [-0.1, -0.05) is 30.3 Å². The van der Waals surface area contributed by atoms with Crippen LogP contribution in [0, 0.1) is 10.1 Å². The number of rotatable bonds is 7. The quantitative estimate of drug-likeness (QED) is 0.376. The van der Waals surface area contributed by atoms with Gasteiger partial charge in [-0.15, -0.1) is 0 Å². The molecule has 1 amide bonds. The Labute approximate surface area is 182 Å². The van der Waals surface area contributed by atoms with Crippen molar-refractivity contribution in [2.24, 2.45) is 0 Å². The van der Waals surface area contributed by atoms with Crippen LogP contribution in [0.15, 0.2) is 48.5 Å². The lowest BCUT2D eigenvalue weighted by Crippen LogP contribution is -2.49. The number of nitrogens with zero attached hydrogens (tertiary/aromatic N) is 3. The van der Waals surface area contributed by atoms with Crippen LogP contribution in [0.2, 0.25) is 0 Å². The summed E-state index contributed by atoms with van der Waals surface area (Å²) in [6.07, 6.45) is -1.05. The maximum Gasteiger partial charge on any atom is 0.339 e. The zero-order valence-electron chi connectivity index (χ0n) is 18.8. The Morgan fingerprint density at radius 2 is 1.71 bits per heavy atom. The molecule has 2 rings (SSSR count). The second-order valence-corrected chi connectivity index (χ2v) is 8.48. The third-order valence-electron chi connectivity index (χ3n) is 4.78. The highest BCUT2D eigenvalue weighted by atomic mass is 16.6. The van der Waals surface area contributed by atoms with Gasteiger partial charge in [0.1, 0.15) is 5.69 Å². The van der Waals surface area contributed by atoms with Gasteiger partial charge in [-0.3, -0.25) is 14.9 Å². The van der Waals surface area contributed by atoms with Gasteiger partial charge in [0.15, 0.2) is 6.10 Å². The number of carbonyl (C=O) groups excluding carboxylic acids is 2. The Hall–Kier alpha value is -3.42. The molecule has 0 spiro atoms. The number of benzene rings is 2. The summed E-state index contributed by atoms with van der Waals surface area (Å²) in [5.74, 6) is -1.13. The van der Waals surface area contributed by atoms with E-state index in [0.717, 1.165) is 5.56 Å². The number of hydrogen-bond acceptors (Lipinski definition) is 6. The van der Waals surface area contributed by atoms with Gasteiger partial charge >= 0.3 is 5.97 Å². The summed E-state index contributed by atoms with van der Waals surface area (Å²) in [7, 11) is 3.35. The molecule has 0 heterocycles. The molecule has 0 radical (unpaired) electrons. The van der Waals surface area contributed by atoms with Crippen LogP contribution < -0.4 is 4.90 Å². The third kappa shape index (κ3) is 6.04. The average Bonchev–Trinajstić information content (AvgIpc) is 2.70. The van der Waals surface area contributed by atoms with Crippen LogP contribution in [0.4, 0.5) is 11.4 Å². The molecule has 0 aliphatic carbocycles. The molecule has 8 nitrogen and oxygen atoms in total.